The van der Waals surface area contributed by atoms with Crippen molar-refractivity contribution in [2.24, 2.45) is 0 Å². The van der Waals surface area contributed by atoms with Crippen LogP contribution in [0.4, 0.5) is 22.7 Å². The zero-order valence-corrected chi connectivity index (χ0v) is 35.5. The van der Waals surface area contributed by atoms with Crippen molar-refractivity contribution >= 4 is 44.6 Å². The van der Waals surface area contributed by atoms with Gasteiger partial charge in [-0.2, -0.15) is 0 Å². The van der Waals surface area contributed by atoms with E-state index in [0.717, 1.165) is 50.4 Å². The van der Waals surface area contributed by atoms with Gasteiger partial charge in [0.1, 0.15) is 24.0 Å². The first kappa shape index (κ1) is 32.6. The van der Waals surface area contributed by atoms with Crippen LogP contribution < -0.4 is 14.5 Å². The topological polar surface area (TPSA) is 33.5 Å². The van der Waals surface area contributed by atoms with Crippen molar-refractivity contribution in [3.05, 3.63) is 168 Å². The molecule has 0 N–H and O–H groups in total. The molecule has 5 heteroatoms. The van der Waals surface area contributed by atoms with Crippen LogP contribution in [0.5, 0.6) is 11.5 Å². The molecule has 0 saturated heterocycles. The summed E-state index contributed by atoms with van der Waals surface area (Å²) in [7, 11) is 0. The summed E-state index contributed by atoms with van der Waals surface area (Å²) in [6.07, 6.45) is 1.89. The smallest absolute Gasteiger partial charge is 0.137 e. The van der Waals surface area contributed by atoms with Crippen molar-refractivity contribution in [3.63, 3.8) is 0 Å². The average molecular weight is 780 g/mol. The molecule has 5 nitrogen and oxygen atoms in total. The van der Waals surface area contributed by atoms with Crippen LogP contribution in [-0.4, -0.2) is 16.2 Å². The largest absolute Gasteiger partial charge is 0.457 e. The van der Waals surface area contributed by atoms with Crippen molar-refractivity contribution in [2.75, 3.05) is 16.5 Å². The second-order valence-corrected chi connectivity index (χ2v) is 18.7. The first-order valence-corrected chi connectivity index (χ1v) is 20.4. The molecule has 6 aromatic carbocycles. The third-order valence-corrected chi connectivity index (χ3v) is 11.4. The minimum atomic E-state index is -0.415. The van der Waals surface area contributed by atoms with Crippen LogP contribution in [0.25, 0.3) is 38.8 Å². The number of rotatable bonds is 6. The summed E-state index contributed by atoms with van der Waals surface area (Å²) in [5.74, 6) is 2.18. The average Bonchev–Trinajstić information content (AvgIpc) is 3.81. The number of para-hydroxylation sites is 2. The quantitative estimate of drug-likeness (QED) is 0.168. The summed E-state index contributed by atoms with van der Waals surface area (Å²) in [6.45, 7) is 20.3. The number of benzene rings is 6. The molecule has 296 valence electrons. The highest BCUT2D eigenvalue weighted by molar-refractivity contribution is 6.09. The van der Waals surface area contributed by atoms with Crippen LogP contribution in [0.3, 0.4) is 0 Å². The number of ether oxygens (including phenoxy) is 1. The third-order valence-electron chi connectivity index (χ3n) is 11.4. The molecule has 8 aromatic rings. The van der Waals surface area contributed by atoms with Crippen molar-refractivity contribution in [3.8, 4) is 28.4 Å². The van der Waals surface area contributed by atoms with E-state index in [0.29, 0.717) is 23.7 Å². The predicted octanol–water partition coefficient (Wildman–Crippen LogP) is 14.8. The first-order valence-electron chi connectivity index (χ1n) is 22.9. The SMILES string of the molecule is [2H]c1c([2H])c([2H])c(-c2cccc3c2N(c2cc(C(C)(C)C)cc(C(C)(C)C)c2)CN3c2cccc(Oc3ccc4c5ccccc5n(-c5cc(C(C)(C)C)ccn5)c4c3)c2)c([2H])c1[2H]. The van der Waals surface area contributed by atoms with Gasteiger partial charge in [-0.05, 0) is 99.2 Å². The van der Waals surface area contributed by atoms with E-state index in [9.17, 15) is 0 Å². The zero-order chi connectivity index (χ0) is 45.6. The Balaban J connectivity index is 1.17. The van der Waals surface area contributed by atoms with E-state index < -0.39 is 6.04 Å². The number of hydrogen-bond acceptors (Lipinski definition) is 4. The van der Waals surface area contributed by atoms with Gasteiger partial charge in [-0.3, -0.25) is 4.57 Å². The van der Waals surface area contributed by atoms with Gasteiger partial charge in [0.15, 0.2) is 0 Å². The van der Waals surface area contributed by atoms with Crippen LogP contribution in [0.15, 0.2) is 152 Å². The Morgan fingerprint density at radius 2 is 1.24 bits per heavy atom. The minimum absolute atomic E-state index is 0.0457. The molecule has 0 unspecified atom stereocenters. The monoisotopic (exact) mass is 779 g/mol. The molecule has 9 rings (SSSR count). The molecule has 2 aromatic heterocycles. The maximum absolute atomic E-state index is 9.04. The summed E-state index contributed by atoms with van der Waals surface area (Å²) in [5.41, 5.74) is 9.44. The number of aromatic nitrogens is 2. The molecule has 0 atom stereocenters. The number of nitrogens with zero attached hydrogens (tertiary/aromatic N) is 4. The fraction of sp³-hybridized carbons (Fsp3) is 0.241. The highest BCUT2D eigenvalue weighted by atomic mass is 16.5. The maximum atomic E-state index is 9.04. The van der Waals surface area contributed by atoms with E-state index in [1.165, 1.54) is 16.7 Å². The number of anilines is 4. The third kappa shape index (κ3) is 7.13. The molecule has 0 bridgehead atoms. The van der Waals surface area contributed by atoms with E-state index >= 15 is 0 Å². The van der Waals surface area contributed by atoms with Crippen LogP contribution >= 0.6 is 0 Å². The zero-order valence-electron chi connectivity index (χ0n) is 40.5. The molecule has 0 fully saturated rings. The lowest BCUT2D eigenvalue weighted by Crippen LogP contribution is -2.25. The maximum Gasteiger partial charge on any atom is 0.137 e. The van der Waals surface area contributed by atoms with Gasteiger partial charge in [0, 0.05) is 46.0 Å². The fourth-order valence-electron chi connectivity index (χ4n) is 8.09. The van der Waals surface area contributed by atoms with Gasteiger partial charge in [0.2, 0.25) is 0 Å². The molecule has 59 heavy (non-hydrogen) atoms. The number of hydrogen-bond donors (Lipinski definition) is 0. The Kier molecular flexibility index (Phi) is 7.85. The van der Waals surface area contributed by atoms with Crippen LogP contribution in [0.1, 0.15) is 85.9 Å². The summed E-state index contributed by atoms with van der Waals surface area (Å²) in [4.78, 5) is 9.28. The van der Waals surface area contributed by atoms with Gasteiger partial charge in [-0.25, -0.2) is 4.98 Å². The molecule has 1 aliphatic heterocycles. The number of fused-ring (bicyclic) bond motifs is 4. The number of pyridine rings is 1. The lowest BCUT2D eigenvalue weighted by atomic mass is 9.80. The Morgan fingerprint density at radius 3 is 1.97 bits per heavy atom. The highest BCUT2D eigenvalue weighted by Gasteiger charge is 2.33. The van der Waals surface area contributed by atoms with Gasteiger partial charge in [0.05, 0.1) is 29.3 Å². The molecule has 0 aliphatic carbocycles. The van der Waals surface area contributed by atoms with E-state index in [4.69, 9.17) is 16.6 Å². The Bertz CT molecular complexity index is 3090. The van der Waals surface area contributed by atoms with Crippen LogP contribution in [0.2, 0.25) is 0 Å². The summed E-state index contributed by atoms with van der Waals surface area (Å²) in [6, 6.07) is 37.8. The second-order valence-electron chi connectivity index (χ2n) is 18.7. The van der Waals surface area contributed by atoms with E-state index in [2.05, 4.69) is 149 Å². The van der Waals surface area contributed by atoms with E-state index in [-0.39, 0.29) is 46.0 Å². The molecule has 0 radical (unpaired) electrons. The Hall–Kier alpha value is -6.33. The van der Waals surface area contributed by atoms with Crippen molar-refractivity contribution in [1.82, 2.24) is 9.55 Å². The fourth-order valence-corrected chi connectivity index (χ4v) is 8.09. The summed E-state index contributed by atoms with van der Waals surface area (Å²) < 4.78 is 52.6. The van der Waals surface area contributed by atoms with Crippen LogP contribution in [0, 0.1) is 0 Å². The lowest BCUT2D eigenvalue weighted by molar-refractivity contribution is 0.483. The first-order chi connectivity index (χ1) is 30.2. The van der Waals surface area contributed by atoms with Crippen LogP contribution in [-0.2, 0) is 16.2 Å². The molecule has 0 saturated carbocycles. The van der Waals surface area contributed by atoms with Crippen molar-refractivity contribution in [1.29, 1.82) is 0 Å². The van der Waals surface area contributed by atoms with Gasteiger partial charge in [-0.1, -0.05) is 135 Å². The molecule has 0 spiro atoms. The summed E-state index contributed by atoms with van der Waals surface area (Å²) in [5, 5.41) is 2.24. The molecule has 3 heterocycles. The van der Waals surface area contributed by atoms with E-state index in [1.807, 2.05) is 48.7 Å². The molecule has 1 aliphatic rings. The highest BCUT2D eigenvalue weighted by Crippen LogP contribution is 2.51. The van der Waals surface area contributed by atoms with Crippen molar-refractivity contribution in [2.45, 2.75) is 78.6 Å². The summed E-state index contributed by atoms with van der Waals surface area (Å²) >= 11 is 0. The molecule has 0 amide bonds. The van der Waals surface area contributed by atoms with Gasteiger partial charge in [-0.15, -0.1) is 0 Å². The molecular formula is C54H54N4O. The standard InChI is InChI=1S/C54H54N4O/c1-52(2,3)37-27-28-55-50(32-37)58-47-23-14-13-21-45(47)46-26-25-43(34-49(46)58)59-42-20-15-19-40(33-42)56-35-57(41-30-38(53(4,5)6)29-39(31-41)54(7,8)9)51-44(22-16-24-48(51)56)36-17-11-10-12-18-36/h10-34H,35H2,1-9H3/i10D,11D,12D,17D,18D. The van der Waals surface area contributed by atoms with Gasteiger partial charge < -0.3 is 14.5 Å². The molecular weight excluding hydrogens is 721 g/mol. The Morgan fingerprint density at radius 1 is 0.559 bits per heavy atom. The van der Waals surface area contributed by atoms with Gasteiger partial charge >= 0.3 is 0 Å². The van der Waals surface area contributed by atoms with Crippen molar-refractivity contribution < 1.29 is 11.6 Å². The lowest BCUT2D eigenvalue weighted by Gasteiger charge is -2.30. The Labute approximate surface area is 356 Å². The second kappa shape index (κ2) is 14.2. The minimum Gasteiger partial charge on any atom is -0.457 e. The van der Waals surface area contributed by atoms with Gasteiger partial charge in [0.25, 0.3) is 0 Å². The van der Waals surface area contributed by atoms with E-state index in [1.54, 1.807) is 0 Å². The normalized spacial score (nSPS) is 14.6. The predicted molar refractivity (Wildman–Crippen MR) is 249 cm³/mol.